The van der Waals surface area contributed by atoms with E-state index in [1.54, 1.807) is 0 Å². The molecule has 90 valence electrons. The van der Waals surface area contributed by atoms with Gasteiger partial charge in [-0.25, -0.2) is 4.98 Å². The lowest BCUT2D eigenvalue weighted by molar-refractivity contribution is 0.276. The zero-order valence-corrected chi connectivity index (χ0v) is 11.6. The monoisotopic (exact) mass is 256 g/mol. The first-order chi connectivity index (χ1) is 7.79. The molecule has 1 aliphatic heterocycles. The summed E-state index contributed by atoms with van der Waals surface area (Å²) in [5.74, 6) is 0.823. The molecule has 1 aromatic heterocycles. The summed E-state index contributed by atoms with van der Waals surface area (Å²) in [7, 11) is 0. The molecule has 0 saturated carbocycles. The van der Waals surface area contributed by atoms with E-state index < -0.39 is 0 Å². The Labute approximate surface area is 107 Å². The molecule has 0 bridgehead atoms. The fourth-order valence-electron chi connectivity index (χ4n) is 2.19. The highest BCUT2D eigenvalue weighted by molar-refractivity contribution is 7.79. The predicted octanol–water partition coefficient (Wildman–Crippen LogP) is 3.26. The second kappa shape index (κ2) is 6.03. The van der Waals surface area contributed by atoms with E-state index in [0.29, 0.717) is 0 Å². The van der Waals surface area contributed by atoms with Gasteiger partial charge in [-0.3, -0.25) is 4.90 Å². The molecule has 0 radical (unpaired) electrons. The minimum Gasteiger partial charge on any atom is -0.297 e. The Morgan fingerprint density at radius 3 is 2.50 bits per heavy atom. The topological polar surface area (TPSA) is 16.1 Å². The van der Waals surface area contributed by atoms with Crippen molar-refractivity contribution in [2.24, 2.45) is 0 Å². The van der Waals surface area contributed by atoms with Crippen molar-refractivity contribution in [2.45, 2.75) is 44.9 Å². The maximum absolute atomic E-state index is 4.63. The van der Waals surface area contributed by atoms with E-state index in [0.717, 1.165) is 12.3 Å². The fourth-order valence-corrected chi connectivity index (χ4v) is 3.58. The minimum atomic E-state index is 0.823. The zero-order chi connectivity index (χ0) is 11.4. The molecule has 2 heterocycles. The SMILES string of the molecule is Cc1nc(CN2CCCCCC2)sc1CS. The van der Waals surface area contributed by atoms with Gasteiger partial charge in [0, 0.05) is 10.6 Å². The Bertz CT molecular complexity index is 328. The number of thiol groups is 1. The third kappa shape index (κ3) is 3.22. The summed E-state index contributed by atoms with van der Waals surface area (Å²) in [5.41, 5.74) is 1.17. The molecule has 0 aliphatic carbocycles. The van der Waals surface area contributed by atoms with Gasteiger partial charge in [-0.1, -0.05) is 12.8 Å². The van der Waals surface area contributed by atoms with E-state index in [1.807, 2.05) is 11.3 Å². The molecule has 0 aromatic carbocycles. The summed E-state index contributed by atoms with van der Waals surface area (Å²) in [4.78, 5) is 8.51. The molecule has 1 fully saturated rings. The molecule has 0 N–H and O–H groups in total. The number of nitrogens with zero attached hydrogens (tertiary/aromatic N) is 2. The molecule has 4 heteroatoms. The van der Waals surface area contributed by atoms with E-state index in [1.165, 1.54) is 54.4 Å². The third-order valence-electron chi connectivity index (χ3n) is 3.14. The Balaban J connectivity index is 1.96. The summed E-state index contributed by atoms with van der Waals surface area (Å²) >= 11 is 6.16. The quantitative estimate of drug-likeness (QED) is 0.836. The first-order valence-corrected chi connectivity index (χ1v) is 7.53. The van der Waals surface area contributed by atoms with Crippen molar-refractivity contribution < 1.29 is 0 Å². The molecule has 1 saturated heterocycles. The van der Waals surface area contributed by atoms with Gasteiger partial charge < -0.3 is 0 Å². The van der Waals surface area contributed by atoms with Gasteiger partial charge in [-0.15, -0.1) is 11.3 Å². The second-order valence-corrected chi connectivity index (χ2v) is 5.95. The average molecular weight is 256 g/mol. The largest absolute Gasteiger partial charge is 0.297 e. The van der Waals surface area contributed by atoms with Gasteiger partial charge >= 0.3 is 0 Å². The fraction of sp³-hybridized carbons (Fsp3) is 0.750. The van der Waals surface area contributed by atoms with Crippen molar-refractivity contribution in [3.63, 3.8) is 0 Å². The van der Waals surface area contributed by atoms with Crippen molar-refractivity contribution in [2.75, 3.05) is 13.1 Å². The van der Waals surface area contributed by atoms with Crippen LogP contribution in [-0.4, -0.2) is 23.0 Å². The molecule has 2 nitrogen and oxygen atoms in total. The van der Waals surface area contributed by atoms with Crippen LogP contribution in [0.1, 0.15) is 41.3 Å². The number of thiazole rings is 1. The van der Waals surface area contributed by atoms with Crippen LogP contribution in [0.25, 0.3) is 0 Å². The molecule has 1 aromatic rings. The van der Waals surface area contributed by atoms with Crippen LogP contribution in [0.15, 0.2) is 0 Å². The van der Waals surface area contributed by atoms with Crippen LogP contribution in [0.5, 0.6) is 0 Å². The number of rotatable bonds is 3. The van der Waals surface area contributed by atoms with Crippen LogP contribution < -0.4 is 0 Å². The van der Waals surface area contributed by atoms with E-state index in [4.69, 9.17) is 0 Å². The third-order valence-corrected chi connectivity index (χ3v) is 4.81. The highest BCUT2D eigenvalue weighted by Gasteiger charge is 2.12. The summed E-state index contributed by atoms with van der Waals surface area (Å²) in [6, 6.07) is 0. The van der Waals surface area contributed by atoms with Gasteiger partial charge in [0.15, 0.2) is 0 Å². The van der Waals surface area contributed by atoms with Gasteiger partial charge in [-0.05, 0) is 32.9 Å². The van der Waals surface area contributed by atoms with Crippen LogP contribution in [0, 0.1) is 6.92 Å². The van der Waals surface area contributed by atoms with E-state index in [2.05, 4.69) is 29.4 Å². The van der Waals surface area contributed by atoms with Gasteiger partial charge in [0.05, 0.1) is 12.2 Å². The lowest BCUT2D eigenvalue weighted by atomic mass is 10.2. The second-order valence-electron chi connectivity index (χ2n) is 4.46. The van der Waals surface area contributed by atoms with Gasteiger partial charge in [0.25, 0.3) is 0 Å². The minimum absolute atomic E-state index is 0.823. The molecule has 0 atom stereocenters. The Hall–Kier alpha value is -0.0600. The molecule has 16 heavy (non-hydrogen) atoms. The first-order valence-electron chi connectivity index (χ1n) is 6.08. The Kier molecular flexibility index (Phi) is 4.67. The average Bonchev–Trinajstić information content (AvgIpc) is 2.50. The van der Waals surface area contributed by atoms with Crippen LogP contribution in [-0.2, 0) is 12.3 Å². The molecule has 0 unspecified atom stereocenters. The maximum Gasteiger partial charge on any atom is 0.107 e. The molecule has 0 spiro atoms. The van der Waals surface area contributed by atoms with Crippen LogP contribution >= 0.6 is 24.0 Å². The first kappa shape index (κ1) is 12.4. The number of hydrogen-bond acceptors (Lipinski definition) is 4. The lowest BCUT2D eigenvalue weighted by Gasteiger charge is -2.17. The highest BCUT2D eigenvalue weighted by atomic mass is 32.1. The van der Waals surface area contributed by atoms with E-state index >= 15 is 0 Å². The standard InChI is InChI=1S/C12H20N2S2/c1-10-11(9-15)16-12(13-10)8-14-6-4-2-3-5-7-14/h15H,2-9H2,1H3. The van der Waals surface area contributed by atoms with Crippen LogP contribution in [0.2, 0.25) is 0 Å². The van der Waals surface area contributed by atoms with Gasteiger partial charge in [-0.2, -0.15) is 12.6 Å². The molecule has 0 amide bonds. The molecule has 2 rings (SSSR count). The maximum atomic E-state index is 4.63. The van der Waals surface area contributed by atoms with Crippen molar-refractivity contribution in [3.05, 3.63) is 15.6 Å². The van der Waals surface area contributed by atoms with Crippen LogP contribution in [0.4, 0.5) is 0 Å². The predicted molar refractivity (Wildman–Crippen MR) is 73.3 cm³/mol. The van der Waals surface area contributed by atoms with Gasteiger partial charge in [0.1, 0.15) is 5.01 Å². The lowest BCUT2D eigenvalue weighted by Crippen LogP contribution is -2.23. The molecule has 1 aliphatic rings. The smallest absolute Gasteiger partial charge is 0.107 e. The highest BCUT2D eigenvalue weighted by Crippen LogP contribution is 2.22. The summed E-state index contributed by atoms with van der Waals surface area (Å²) in [6.45, 7) is 5.62. The normalized spacial score (nSPS) is 18.6. The Morgan fingerprint density at radius 1 is 1.25 bits per heavy atom. The number of aromatic nitrogens is 1. The van der Waals surface area contributed by atoms with E-state index in [-0.39, 0.29) is 0 Å². The Morgan fingerprint density at radius 2 is 1.94 bits per heavy atom. The van der Waals surface area contributed by atoms with Crippen LogP contribution in [0.3, 0.4) is 0 Å². The summed E-state index contributed by atoms with van der Waals surface area (Å²) in [5, 5.41) is 1.27. The van der Waals surface area contributed by atoms with Gasteiger partial charge in [0.2, 0.25) is 0 Å². The summed E-state index contributed by atoms with van der Waals surface area (Å²) in [6.07, 6.45) is 5.50. The summed E-state index contributed by atoms with van der Waals surface area (Å²) < 4.78 is 0. The van der Waals surface area contributed by atoms with E-state index in [9.17, 15) is 0 Å². The van der Waals surface area contributed by atoms with Crippen molar-refractivity contribution in [1.82, 2.24) is 9.88 Å². The number of hydrogen-bond donors (Lipinski definition) is 1. The van der Waals surface area contributed by atoms with Crippen molar-refractivity contribution >= 4 is 24.0 Å². The molecular weight excluding hydrogens is 236 g/mol. The van der Waals surface area contributed by atoms with Crippen molar-refractivity contribution in [1.29, 1.82) is 0 Å². The number of likely N-dealkylation sites (tertiary alicyclic amines) is 1. The van der Waals surface area contributed by atoms with Crippen molar-refractivity contribution in [3.8, 4) is 0 Å². The zero-order valence-electron chi connectivity index (χ0n) is 9.91. The number of aryl methyl sites for hydroxylation is 1. The molecular formula is C12H20N2S2.